The molecule has 1 saturated carbocycles. The van der Waals surface area contributed by atoms with Crippen molar-refractivity contribution in [2.45, 2.75) is 58.1 Å². The first kappa shape index (κ1) is 16.8. The number of aliphatic hydroxyl groups is 1. The van der Waals surface area contributed by atoms with E-state index in [0.717, 1.165) is 19.3 Å². The van der Waals surface area contributed by atoms with Crippen molar-refractivity contribution in [1.82, 2.24) is 10.6 Å². The summed E-state index contributed by atoms with van der Waals surface area (Å²) in [7, 11) is 0. The zero-order chi connectivity index (χ0) is 15.1. The van der Waals surface area contributed by atoms with Crippen molar-refractivity contribution in [3.05, 3.63) is 0 Å². The van der Waals surface area contributed by atoms with E-state index in [4.69, 9.17) is 5.11 Å². The number of carboxylic acids is 1. The minimum Gasteiger partial charge on any atom is -0.481 e. The molecule has 3 atom stereocenters. The Balaban J connectivity index is 2.35. The van der Waals surface area contributed by atoms with E-state index in [9.17, 15) is 14.7 Å². The van der Waals surface area contributed by atoms with Crippen LogP contribution in [0.25, 0.3) is 0 Å². The van der Waals surface area contributed by atoms with Gasteiger partial charge in [-0.3, -0.25) is 4.79 Å². The van der Waals surface area contributed by atoms with E-state index < -0.39 is 24.0 Å². The number of hydrogen-bond donors (Lipinski definition) is 4. The van der Waals surface area contributed by atoms with Crippen molar-refractivity contribution < 1.29 is 19.8 Å². The topological polar surface area (TPSA) is 98.7 Å². The molecule has 0 aromatic heterocycles. The number of carbonyl (C=O) groups is 2. The first-order valence-electron chi connectivity index (χ1n) is 7.35. The molecule has 6 nitrogen and oxygen atoms in total. The second-order valence-corrected chi connectivity index (χ2v) is 5.98. The number of nitrogens with one attached hydrogen (secondary N) is 2. The van der Waals surface area contributed by atoms with Crippen LogP contribution in [0.3, 0.4) is 0 Å². The molecule has 0 saturated heterocycles. The predicted molar refractivity (Wildman–Crippen MR) is 75.4 cm³/mol. The maximum atomic E-state index is 11.7. The van der Waals surface area contributed by atoms with Crippen LogP contribution in [0.1, 0.15) is 46.0 Å². The highest BCUT2D eigenvalue weighted by Gasteiger charge is 2.25. The fourth-order valence-electron chi connectivity index (χ4n) is 2.56. The molecule has 1 aliphatic rings. The second kappa shape index (κ2) is 8.09. The average Bonchev–Trinajstić information content (AvgIpc) is 2.36. The Morgan fingerprint density at radius 2 is 1.90 bits per heavy atom. The van der Waals surface area contributed by atoms with Crippen LogP contribution >= 0.6 is 0 Å². The van der Waals surface area contributed by atoms with E-state index in [0.29, 0.717) is 12.8 Å². The number of urea groups is 1. The number of hydrogen-bond acceptors (Lipinski definition) is 3. The van der Waals surface area contributed by atoms with Gasteiger partial charge in [0.25, 0.3) is 0 Å². The molecular weight excluding hydrogens is 260 g/mol. The molecule has 0 spiro atoms. The lowest BCUT2D eigenvalue weighted by Gasteiger charge is -2.28. The highest BCUT2D eigenvalue weighted by Crippen LogP contribution is 2.18. The molecule has 1 fully saturated rings. The minimum atomic E-state index is -0.892. The number of aliphatic hydroxyl groups excluding tert-OH is 1. The van der Waals surface area contributed by atoms with E-state index in [1.54, 1.807) is 0 Å². The molecule has 0 aliphatic heterocycles. The van der Waals surface area contributed by atoms with Crippen LogP contribution in [0.2, 0.25) is 0 Å². The smallest absolute Gasteiger partial charge is 0.315 e. The van der Waals surface area contributed by atoms with Crippen molar-refractivity contribution in [2.24, 2.45) is 11.8 Å². The maximum absolute atomic E-state index is 11.7. The Hall–Kier alpha value is -1.30. The van der Waals surface area contributed by atoms with E-state index in [2.05, 4.69) is 10.6 Å². The second-order valence-electron chi connectivity index (χ2n) is 5.98. The van der Waals surface area contributed by atoms with Gasteiger partial charge in [0, 0.05) is 6.54 Å². The SMILES string of the molecule is CC(C)CC(CNC(=O)NC1CCCCC1O)C(=O)O. The molecule has 1 rings (SSSR count). The molecule has 0 bridgehead atoms. The van der Waals surface area contributed by atoms with Crippen molar-refractivity contribution >= 4 is 12.0 Å². The number of carboxylic acid groups (broad SMARTS) is 1. The highest BCUT2D eigenvalue weighted by molar-refractivity contribution is 5.76. The lowest BCUT2D eigenvalue weighted by molar-refractivity contribution is -0.142. The van der Waals surface area contributed by atoms with Gasteiger partial charge in [0.05, 0.1) is 18.1 Å². The summed E-state index contributed by atoms with van der Waals surface area (Å²) >= 11 is 0. The Bertz CT molecular complexity index is 333. The zero-order valence-corrected chi connectivity index (χ0v) is 12.3. The lowest BCUT2D eigenvalue weighted by Crippen LogP contribution is -2.50. The van der Waals surface area contributed by atoms with E-state index in [1.807, 2.05) is 13.8 Å². The van der Waals surface area contributed by atoms with Gasteiger partial charge in [0.2, 0.25) is 0 Å². The van der Waals surface area contributed by atoms with Gasteiger partial charge >= 0.3 is 12.0 Å². The van der Waals surface area contributed by atoms with Gasteiger partial charge in [0.1, 0.15) is 0 Å². The summed E-state index contributed by atoms with van der Waals surface area (Å²) in [6.45, 7) is 4.02. The van der Waals surface area contributed by atoms with Gasteiger partial charge in [-0.15, -0.1) is 0 Å². The van der Waals surface area contributed by atoms with E-state index >= 15 is 0 Å². The monoisotopic (exact) mass is 286 g/mol. The van der Waals surface area contributed by atoms with Gasteiger partial charge in [-0.25, -0.2) is 4.79 Å². The summed E-state index contributed by atoms with van der Waals surface area (Å²) in [5, 5.41) is 24.2. The summed E-state index contributed by atoms with van der Waals surface area (Å²) in [5.74, 6) is -1.20. The molecule has 2 amide bonds. The third-order valence-corrected chi connectivity index (χ3v) is 3.66. The molecule has 20 heavy (non-hydrogen) atoms. The predicted octanol–water partition coefficient (Wildman–Crippen LogP) is 1.34. The van der Waals surface area contributed by atoms with Crippen LogP contribution in [-0.2, 0) is 4.79 Å². The van der Waals surface area contributed by atoms with Crippen LogP contribution in [0.4, 0.5) is 4.79 Å². The Labute approximate surface area is 119 Å². The zero-order valence-electron chi connectivity index (χ0n) is 12.3. The standard InChI is InChI=1S/C14H26N2O4/c1-9(2)7-10(13(18)19)8-15-14(20)16-11-5-3-4-6-12(11)17/h9-12,17H,3-8H2,1-2H3,(H,18,19)(H2,15,16,20). The third kappa shape index (κ3) is 5.77. The Kier molecular flexibility index (Phi) is 6.78. The van der Waals surface area contributed by atoms with Gasteiger partial charge in [-0.1, -0.05) is 26.7 Å². The molecule has 1 aliphatic carbocycles. The largest absolute Gasteiger partial charge is 0.481 e. The Morgan fingerprint density at radius 3 is 2.45 bits per heavy atom. The van der Waals surface area contributed by atoms with Crippen LogP contribution < -0.4 is 10.6 Å². The number of amides is 2. The van der Waals surface area contributed by atoms with E-state index in [1.165, 1.54) is 0 Å². The Morgan fingerprint density at radius 1 is 1.25 bits per heavy atom. The quantitative estimate of drug-likeness (QED) is 0.592. The summed E-state index contributed by atoms with van der Waals surface area (Å²) in [4.78, 5) is 22.8. The molecule has 0 aromatic carbocycles. The summed E-state index contributed by atoms with van der Waals surface area (Å²) in [5.41, 5.74) is 0. The van der Waals surface area contributed by atoms with Crippen LogP contribution in [-0.4, -0.2) is 40.9 Å². The van der Waals surface area contributed by atoms with Crippen LogP contribution in [0.15, 0.2) is 0 Å². The lowest BCUT2D eigenvalue weighted by atomic mass is 9.93. The maximum Gasteiger partial charge on any atom is 0.315 e. The number of aliphatic carboxylic acids is 1. The molecule has 3 unspecified atom stereocenters. The van der Waals surface area contributed by atoms with Gasteiger partial charge in [-0.2, -0.15) is 0 Å². The normalized spacial score (nSPS) is 24.2. The highest BCUT2D eigenvalue weighted by atomic mass is 16.4. The van der Waals surface area contributed by atoms with Crippen molar-refractivity contribution in [3.63, 3.8) is 0 Å². The molecule has 0 radical (unpaired) electrons. The van der Waals surface area contributed by atoms with Crippen molar-refractivity contribution in [2.75, 3.05) is 6.54 Å². The third-order valence-electron chi connectivity index (χ3n) is 3.66. The van der Waals surface area contributed by atoms with Crippen LogP contribution in [0.5, 0.6) is 0 Å². The fraction of sp³-hybridized carbons (Fsp3) is 0.857. The van der Waals surface area contributed by atoms with Crippen molar-refractivity contribution in [3.8, 4) is 0 Å². The summed E-state index contributed by atoms with van der Waals surface area (Å²) < 4.78 is 0. The number of carbonyl (C=O) groups excluding carboxylic acids is 1. The molecule has 4 N–H and O–H groups in total. The van der Waals surface area contributed by atoms with Gasteiger partial charge in [0.15, 0.2) is 0 Å². The summed E-state index contributed by atoms with van der Waals surface area (Å²) in [6.07, 6.45) is 3.48. The molecule has 0 aromatic rings. The molecular formula is C14H26N2O4. The van der Waals surface area contributed by atoms with Gasteiger partial charge in [-0.05, 0) is 25.2 Å². The average molecular weight is 286 g/mol. The fourth-order valence-corrected chi connectivity index (χ4v) is 2.56. The first-order valence-corrected chi connectivity index (χ1v) is 7.35. The van der Waals surface area contributed by atoms with Gasteiger partial charge < -0.3 is 20.8 Å². The molecule has 116 valence electrons. The minimum absolute atomic E-state index is 0.113. The van der Waals surface area contributed by atoms with Crippen LogP contribution in [0, 0.1) is 11.8 Å². The van der Waals surface area contributed by atoms with Crippen molar-refractivity contribution in [1.29, 1.82) is 0 Å². The van der Waals surface area contributed by atoms with E-state index in [-0.39, 0.29) is 18.5 Å². The molecule has 6 heteroatoms. The summed E-state index contributed by atoms with van der Waals surface area (Å²) in [6, 6.07) is -0.622. The first-order chi connectivity index (χ1) is 9.40. The molecule has 0 heterocycles. The number of rotatable bonds is 6.